The molecule has 0 aromatic heterocycles. The van der Waals surface area contributed by atoms with E-state index in [0.717, 1.165) is 16.7 Å². The number of hydrogen-bond donors (Lipinski definition) is 2. The molecule has 144 valence electrons. The average molecular weight is 383 g/mol. The fourth-order valence-corrected chi connectivity index (χ4v) is 2.54. The summed E-state index contributed by atoms with van der Waals surface area (Å²) in [5, 5.41) is 6.67. The Morgan fingerprint density at radius 1 is 0.793 bits per heavy atom. The first-order valence-electron chi connectivity index (χ1n) is 9.15. The van der Waals surface area contributed by atoms with E-state index in [2.05, 4.69) is 15.8 Å². The predicted molar refractivity (Wildman–Crippen MR) is 115 cm³/mol. The lowest BCUT2D eigenvalue weighted by Crippen LogP contribution is -2.32. The molecule has 0 heterocycles. The molecule has 0 aliphatic heterocycles. The van der Waals surface area contributed by atoms with Crippen molar-refractivity contribution in [2.45, 2.75) is 6.92 Å². The van der Waals surface area contributed by atoms with E-state index in [1.54, 1.807) is 36.6 Å². The smallest absolute Gasteiger partial charge is 0.287 e. The van der Waals surface area contributed by atoms with Gasteiger partial charge < -0.3 is 5.32 Å². The van der Waals surface area contributed by atoms with E-state index in [0.29, 0.717) is 5.56 Å². The minimum atomic E-state index is -0.513. The minimum absolute atomic E-state index is 0.103. The molecule has 2 N–H and O–H groups in total. The Morgan fingerprint density at radius 3 is 2.07 bits per heavy atom. The van der Waals surface area contributed by atoms with Gasteiger partial charge in [0, 0.05) is 5.56 Å². The molecule has 5 nitrogen and oxygen atoms in total. The molecule has 0 fully saturated rings. The molecular weight excluding hydrogens is 362 g/mol. The van der Waals surface area contributed by atoms with Crippen molar-refractivity contribution < 1.29 is 9.59 Å². The van der Waals surface area contributed by atoms with Crippen LogP contribution in [0.5, 0.6) is 0 Å². The van der Waals surface area contributed by atoms with Crippen LogP contribution in [0.4, 0.5) is 0 Å². The zero-order valence-electron chi connectivity index (χ0n) is 16.0. The van der Waals surface area contributed by atoms with E-state index in [4.69, 9.17) is 0 Å². The summed E-state index contributed by atoms with van der Waals surface area (Å²) >= 11 is 0. The Balaban J connectivity index is 1.76. The quantitative estimate of drug-likeness (QED) is 0.385. The maximum absolute atomic E-state index is 12.7. The molecule has 5 heteroatoms. The van der Waals surface area contributed by atoms with Gasteiger partial charge in [-0.25, -0.2) is 5.43 Å². The summed E-state index contributed by atoms with van der Waals surface area (Å²) in [6.07, 6.45) is 3.16. The van der Waals surface area contributed by atoms with Crippen molar-refractivity contribution in [2.75, 3.05) is 0 Å². The summed E-state index contributed by atoms with van der Waals surface area (Å²) in [4.78, 5) is 25.2. The zero-order valence-corrected chi connectivity index (χ0v) is 16.0. The Bertz CT molecular complexity index is 1020. The Hall–Kier alpha value is -3.99. The van der Waals surface area contributed by atoms with Crippen molar-refractivity contribution in [3.63, 3.8) is 0 Å². The SMILES string of the molecule is Cc1ccc(/C=N\NC(=O)/C(=C\c2ccccc2)NC(=O)c2ccccc2)cc1. The van der Waals surface area contributed by atoms with Crippen molar-refractivity contribution in [2.24, 2.45) is 5.10 Å². The molecule has 29 heavy (non-hydrogen) atoms. The van der Waals surface area contributed by atoms with Crippen LogP contribution in [0, 0.1) is 6.92 Å². The summed E-state index contributed by atoms with van der Waals surface area (Å²) in [5.74, 6) is -0.882. The first-order chi connectivity index (χ1) is 14.1. The average Bonchev–Trinajstić information content (AvgIpc) is 2.76. The van der Waals surface area contributed by atoms with E-state index >= 15 is 0 Å². The number of rotatable bonds is 6. The van der Waals surface area contributed by atoms with E-state index in [9.17, 15) is 9.59 Å². The lowest BCUT2D eigenvalue weighted by Gasteiger charge is -2.09. The van der Waals surface area contributed by atoms with Gasteiger partial charge in [0.15, 0.2) is 0 Å². The van der Waals surface area contributed by atoms with Crippen molar-refractivity contribution in [1.29, 1.82) is 0 Å². The highest BCUT2D eigenvalue weighted by Crippen LogP contribution is 2.07. The Kier molecular flexibility index (Phi) is 6.68. The molecule has 3 aromatic rings. The number of nitrogens with zero attached hydrogens (tertiary/aromatic N) is 1. The zero-order chi connectivity index (χ0) is 20.5. The van der Waals surface area contributed by atoms with Crippen molar-refractivity contribution in [3.05, 3.63) is 113 Å². The first kappa shape index (κ1) is 19.8. The maximum Gasteiger partial charge on any atom is 0.287 e. The summed E-state index contributed by atoms with van der Waals surface area (Å²) in [5.41, 5.74) is 5.82. The van der Waals surface area contributed by atoms with Crippen LogP contribution >= 0.6 is 0 Å². The molecular formula is C24H21N3O2. The molecule has 0 aliphatic rings. The van der Waals surface area contributed by atoms with Gasteiger partial charge in [-0.2, -0.15) is 5.10 Å². The molecule has 3 aromatic carbocycles. The third-order valence-electron chi connectivity index (χ3n) is 4.10. The number of hydrogen-bond acceptors (Lipinski definition) is 3. The van der Waals surface area contributed by atoms with Crippen LogP contribution in [0.2, 0.25) is 0 Å². The van der Waals surface area contributed by atoms with Gasteiger partial charge in [0.05, 0.1) is 6.21 Å². The largest absolute Gasteiger partial charge is 0.317 e. The number of carbonyl (C=O) groups excluding carboxylic acids is 2. The third-order valence-corrected chi connectivity index (χ3v) is 4.10. The van der Waals surface area contributed by atoms with Crippen LogP contribution in [-0.2, 0) is 4.79 Å². The second-order valence-corrected chi connectivity index (χ2v) is 6.40. The normalized spacial score (nSPS) is 11.3. The van der Waals surface area contributed by atoms with Crippen molar-refractivity contribution in [1.82, 2.24) is 10.7 Å². The summed E-state index contributed by atoms with van der Waals surface area (Å²) < 4.78 is 0. The third kappa shape index (κ3) is 6.01. The number of nitrogens with one attached hydrogen (secondary N) is 2. The van der Waals surface area contributed by atoms with Gasteiger partial charge in [-0.15, -0.1) is 0 Å². The van der Waals surface area contributed by atoms with E-state index in [1.807, 2.05) is 67.6 Å². The van der Waals surface area contributed by atoms with Gasteiger partial charge in [-0.1, -0.05) is 78.4 Å². The number of aryl methyl sites for hydroxylation is 1. The second-order valence-electron chi connectivity index (χ2n) is 6.40. The molecule has 0 radical (unpaired) electrons. The maximum atomic E-state index is 12.7. The van der Waals surface area contributed by atoms with Gasteiger partial charge >= 0.3 is 0 Å². The molecule has 2 amide bonds. The lowest BCUT2D eigenvalue weighted by molar-refractivity contribution is -0.117. The second kappa shape index (κ2) is 9.80. The van der Waals surface area contributed by atoms with Gasteiger partial charge in [-0.05, 0) is 36.3 Å². The van der Waals surface area contributed by atoms with Gasteiger partial charge in [-0.3, -0.25) is 9.59 Å². The number of hydrazone groups is 1. The van der Waals surface area contributed by atoms with Crippen LogP contribution in [0.1, 0.15) is 27.0 Å². The van der Waals surface area contributed by atoms with Gasteiger partial charge in [0.1, 0.15) is 5.70 Å². The lowest BCUT2D eigenvalue weighted by atomic mass is 10.1. The van der Waals surface area contributed by atoms with Crippen molar-refractivity contribution in [3.8, 4) is 0 Å². The summed E-state index contributed by atoms with van der Waals surface area (Å²) in [6, 6.07) is 25.7. The summed E-state index contributed by atoms with van der Waals surface area (Å²) in [6.45, 7) is 2.00. The van der Waals surface area contributed by atoms with Crippen LogP contribution in [0.15, 0.2) is 95.7 Å². The van der Waals surface area contributed by atoms with Crippen LogP contribution < -0.4 is 10.7 Å². The predicted octanol–water partition coefficient (Wildman–Crippen LogP) is 3.92. The minimum Gasteiger partial charge on any atom is -0.317 e. The molecule has 0 atom stereocenters. The molecule has 0 bridgehead atoms. The van der Waals surface area contributed by atoms with E-state index in [1.165, 1.54) is 0 Å². The Labute approximate surface area is 169 Å². The standard InChI is InChI=1S/C24H21N3O2/c1-18-12-14-20(15-13-18)17-25-27-24(29)22(16-19-8-4-2-5-9-19)26-23(28)21-10-6-3-7-11-21/h2-17H,1H3,(H,26,28)(H,27,29)/b22-16+,25-17-. The highest BCUT2D eigenvalue weighted by molar-refractivity contribution is 6.05. The van der Waals surface area contributed by atoms with Crippen molar-refractivity contribution >= 4 is 24.1 Å². The fourth-order valence-electron chi connectivity index (χ4n) is 2.54. The molecule has 0 spiro atoms. The van der Waals surface area contributed by atoms with E-state index in [-0.39, 0.29) is 11.6 Å². The number of amides is 2. The molecule has 0 saturated carbocycles. The highest BCUT2D eigenvalue weighted by atomic mass is 16.2. The monoisotopic (exact) mass is 383 g/mol. The van der Waals surface area contributed by atoms with Crippen LogP contribution in [-0.4, -0.2) is 18.0 Å². The number of benzene rings is 3. The highest BCUT2D eigenvalue weighted by Gasteiger charge is 2.14. The molecule has 0 unspecified atom stereocenters. The van der Waals surface area contributed by atoms with E-state index < -0.39 is 5.91 Å². The van der Waals surface area contributed by atoms with Crippen LogP contribution in [0.3, 0.4) is 0 Å². The van der Waals surface area contributed by atoms with Crippen LogP contribution in [0.25, 0.3) is 6.08 Å². The van der Waals surface area contributed by atoms with Gasteiger partial charge in [0.25, 0.3) is 11.8 Å². The number of carbonyl (C=O) groups is 2. The topological polar surface area (TPSA) is 70.6 Å². The fraction of sp³-hybridized carbons (Fsp3) is 0.0417. The first-order valence-corrected chi connectivity index (χ1v) is 9.15. The molecule has 3 rings (SSSR count). The molecule has 0 aliphatic carbocycles. The summed E-state index contributed by atoms with van der Waals surface area (Å²) in [7, 11) is 0. The Morgan fingerprint density at radius 2 is 1.41 bits per heavy atom. The molecule has 0 saturated heterocycles. The van der Waals surface area contributed by atoms with Gasteiger partial charge in [0.2, 0.25) is 0 Å².